The molecule has 1 fully saturated rings. The van der Waals surface area contributed by atoms with Crippen molar-refractivity contribution < 1.29 is 13.9 Å². The van der Waals surface area contributed by atoms with Gasteiger partial charge in [-0.3, -0.25) is 0 Å². The predicted molar refractivity (Wildman–Crippen MR) is 68.8 cm³/mol. The van der Waals surface area contributed by atoms with E-state index in [1.165, 1.54) is 0 Å². The summed E-state index contributed by atoms with van der Waals surface area (Å²) in [4.78, 5) is 0. The fraction of sp³-hybridized carbons (Fsp3) is 0.571. The number of alkyl halides is 1. The Morgan fingerprint density at radius 3 is 2.44 bits per heavy atom. The van der Waals surface area contributed by atoms with Gasteiger partial charge in [-0.05, 0) is 37.8 Å². The molecule has 0 radical (unpaired) electrons. The second-order valence-electron chi connectivity index (χ2n) is 4.87. The van der Waals surface area contributed by atoms with E-state index in [-0.39, 0.29) is 6.04 Å². The van der Waals surface area contributed by atoms with E-state index in [0.29, 0.717) is 42.7 Å². The quantitative estimate of drug-likeness (QED) is 0.900. The van der Waals surface area contributed by atoms with Gasteiger partial charge < -0.3 is 15.2 Å². The molecule has 1 saturated carbocycles. The molecule has 2 rings (SSSR count). The zero-order chi connectivity index (χ0) is 13.2. The van der Waals surface area contributed by atoms with E-state index in [2.05, 4.69) is 0 Å². The zero-order valence-corrected chi connectivity index (χ0v) is 10.9. The average Bonchev–Trinajstić information content (AvgIpc) is 2.41. The molecule has 2 N–H and O–H groups in total. The number of methoxy groups -OCH3 is 2. The van der Waals surface area contributed by atoms with Crippen LogP contribution in [0.25, 0.3) is 0 Å². The van der Waals surface area contributed by atoms with Crippen molar-refractivity contribution in [2.45, 2.75) is 37.4 Å². The lowest BCUT2D eigenvalue weighted by molar-refractivity contribution is 0.0945. The molecule has 100 valence electrons. The first-order valence-corrected chi connectivity index (χ1v) is 6.26. The summed E-state index contributed by atoms with van der Waals surface area (Å²) >= 11 is 0. The number of nitrogens with two attached hydrogens (primary N) is 1. The minimum absolute atomic E-state index is 0.123. The average molecular weight is 253 g/mol. The maximum atomic E-state index is 15.0. The van der Waals surface area contributed by atoms with Crippen molar-refractivity contribution in [1.82, 2.24) is 0 Å². The molecule has 0 amide bonds. The summed E-state index contributed by atoms with van der Waals surface area (Å²) in [7, 11) is 3.13. The summed E-state index contributed by atoms with van der Waals surface area (Å²) < 4.78 is 25.4. The second-order valence-corrected chi connectivity index (χ2v) is 4.87. The molecule has 0 aromatic heterocycles. The molecule has 1 aliphatic rings. The van der Waals surface area contributed by atoms with Gasteiger partial charge in [0.1, 0.15) is 17.2 Å². The summed E-state index contributed by atoms with van der Waals surface area (Å²) in [5.74, 6) is 1.22. The Labute approximate surface area is 107 Å². The fourth-order valence-corrected chi connectivity index (χ4v) is 2.54. The highest BCUT2D eigenvalue weighted by Crippen LogP contribution is 2.45. The van der Waals surface area contributed by atoms with E-state index >= 15 is 0 Å². The molecule has 18 heavy (non-hydrogen) atoms. The third-order valence-corrected chi connectivity index (χ3v) is 3.71. The molecule has 0 heterocycles. The molecule has 1 aromatic rings. The summed E-state index contributed by atoms with van der Waals surface area (Å²) in [5, 5.41) is 0. The molecular weight excluding hydrogens is 233 g/mol. The number of rotatable bonds is 3. The Bertz CT molecular complexity index is 414. The summed E-state index contributed by atoms with van der Waals surface area (Å²) in [6, 6.07) is 5.38. The second kappa shape index (κ2) is 5.14. The Hall–Kier alpha value is -1.29. The standard InChI is InChI=1S/C14H20FNO2/c1-17-11-3-4-12(13(9-11)18-2)14(15)7-5-10(16)6-8-14/h3-4,9-10H,5-8,16H2,1-2H3. The first-order valence-electron chi connectivity index (χ1n) is 6.26. The Balaban J connectivity index is 2.32. The number of hydrogen-bond donors (Lipinski definition) is 1. The third kappa shape index (κ3) is 2.43. The van der Waals surface area contributed by atoms with Gasteiger partial charge in [0.15, 0.2) is 0 Å². The minimum atomic E-state index is -1.33. The van der Waals surface area contributed by atoms with Gasteiger partial charge in [0.05, 0.1) is 14.2 Å². The lowest BCUT2D eigenvalue weighted by atomic mass is 9.79. The number of ether oxygens (including phenoxy) is 2. The van der Waals surface area contributed by atoms with E-state index in [1.807, 2.05) is 0 Å². The van der Waals surface area contributed by atoms with Crippen molar-refractivity contribution in [3.8, 4) is 11.5 Å². The molecular formula is C14H20FNO2. The van der Waals surface area contributed by atoms with Crippen LogP contribution >= 0.6 is 0 Å². The normalized spacial score (nSPS) is 27.9. The number of halogens is 1. The van der Waals surface area contributed by atoms with Gasteiger partial charge in [0.2, 0.25) is 0 Å². The predicted octanol–water partition coefficient (Wildman–Crippen LogP) is 2.77. The van der Waals surface area contributed by atoms with Crippen LogP contribution in [0.1, 0.15) is 31.2 Å². The topological polar surface area (TPSA) is 44.5 Å². The first kappa shape index (κ1) is 13.1. The molecule has 0 spiro atoms. The van der Waals surface area contributed by atoms with E-state index < -0.39 is 5.67 Å². The summed E-state index contributed by atoms with van der Waals surface area (Å²) in [6.45, 7) is 0. The van der Waals surface area contributed by atoms with Gasteiger partial charge in [0, 0.05) is 17.7 Å². The number of benzene rings is 1. The van der Waals surface area contributed by atoms with Crippen LogP contribution in [0.4, 0.5) is 4.39 Å². The van der Waals surface area contributed by atoms with Gasteiger partial charge >= 0.3 is 0 Å². The summed E-state index contributed by atoms with van der Waals surface area (Å²) in [5.41, 5.74) is 5.12. The van der Waals surface area contributed by atoms with Crippen molar-refractivity contribution in [2.24, 2.45) is 5.73 Å². The molecule has 1 aromatic carbocycles. The van der Waals surface area contributed by atoms with Crippen LogP contribution in [-0.4, -0.2) is 20.3 Å². The van der Waals surface area contributed by atoms with Gasteiger partial charge in [-0.1, -0.05) is 0 Å². The lowest BCUT2D eigenvalue weighted by Crippen LogP contribution is -2.34. The molecule has 0 saturated heterocycles. The lowest BCUT2D eigenvalue weighted by Gasteiger charge is -2.33. The summed E-state index contributed by atoms with van der Waals surface area (Å²) in [6.07, 6.45) is 2.34. The van der Waals surface area contributed by atoms with E-state index in [0.717, 1.165) is 0 Å². The smallest absolute Gasteiger partial charge is 0.139 e. The van der Waals surface area contributed by atoms with Crippen LogP contribution in [0, 0.1) is 0 Å². The molecule has 0 bridgehead atoms. The monoisotopic (exact) mass is 253 g/mol. The fourth-order valence-electron chi connectivity index (χ4n) is 2.54. The Kier molecular flexibility index (Phi) is 3.76. The maximum Gasteiger partial charge on any atom is 0.139 e. The maximum absolute atomic E-state index is 15.0. The molecule has 0 unspecified atom stereocenters. The highest BCUT2D eigenvalue weighted by atomic mass is 19.1. The van der Waals surface area contributed by atoms with E-state index in [9.17, 15) is 4.39 Å². The molecule has 0 aliphatic heterocycles. The molecule has 1 aliphatic carbocycles. The highest BCUT2D eigenvalue weighted by molar-refractivity contribution is 5.44. The van der Waals surface area contributed by atoms with Crippen molar-refractivity contribution in [1.29, 1.82) is 0 Å². The first-order chi connectivity index (χ1) is 8.59. The highest BCUT2D eigenvalue weighted by Gasteiger charge is 2.38. The zero-order valence-electron chi connectivity index (χ0n) is 10.9. The van der Waals surface area contributed by atoms with Gasteiger partial charge in [0.25, 0.3) is 0 Å². The van der Waals surface area contributed by atoms with Gasteiger partial charge in [-0.25, -0.2) is 4.39 Å². The van der Waals surface area contributed by atoms with Crippen LogP contribution in [0.15, 0.2) is 18.2 Å². The van der Waals surface area contributed by atoms with Gasteiger partial charge in [-0.2, -0.15) is 0 Å². The molecule has 0 atom stereocenters. The third-order valence-electron chi connectivity index (χ3n) is 3.71. The molecule has 3 nitrogen and oxygen atoms in total. The van der Waals surface area contributed by atoms with Crippen LogP contribution < -0.4 is 15.2 Å². The van der Waals surface area contributed by atoms with Gasteiger partial charge in [-0.15, -0.1) is 0 Å². The van der Waals surface area contributed by atoms with Crippen LogP contribution in [-0.2, 0) is 5.67 Å². The Morgan fingerprint density at radius 2 is 1.89 bits per heavy atom. The van der Waals surface area contributed by atoms with Crippen molar-refractivity contribution >= 4 is 0 Å². The van der Waals surface area contributed by atoms with Crippen molar-refractivity contribution in [2.75, 3.05) is 14.2 Å². The van der Waals surface area contributed by atoms with Crippen molar-refractivity contribution in [3.63, 3.8) is 0 Å². The van der Waals surface area contributed by atoms with E-state index in [4.69, 9.17) is 15.2 Å². The number of hydrogen-bond acceptors (Lipinski definition) is 3. The molecule has 4 heteroatoms. The van der Waals surface area contributed by atoms with E-state index in [1.54, 1.807) is 32.4 Å². The largest absolute Gasteiger partial charge is 0.497 e. The minimum Gasteiger partial charge on any atom is -0.497 e. The van der Waals surface area contributed by atoms with Crippen LogP contribution in [0.5, 0.6) is 11.5 Å². The van der Waals surface area contributed by atoms with Crippen LogP contribution in [0.3, 0.4) is 0 Å². The Morgan fingerprint density at radius 1 is 1.22 bits per heavy atom. The van der Waals surface area contributed by atoms with Crippen LogP contribution in [0.2, 0.25) is 0 Å². The SMILES string of the molecule is COc1ccc(C2(F)CCC(N)CC2)c(OC)c1. The van der Waals surface area contributed by atoms with Crippen molar-refractivity contribution in [3.05, 3.63) is 23.8 Å².